The Kier molecular flexibility index (Phi) is 2.88. The molecule has 2 heteroatoms. The lowest BCUT2D eigenvalue weighted by molar-refractivity contribution is -0.149. The van der Waals surface area contributed by atoms with Gasteiger partial charge in [0, 0.05) is 5.41 Å². The third kappa shape index (κ3) is 1.68. The quantitative estimate of drug-likeness (QED) is 0.704. The van der Waals surface area contributed by atoms with Gasteiger partial charge in [0.05, 0.1) is 0 Å². The first kappa shape index (κ1) is 13.8. The predicted molar refractivity (Wildman–Crippen MR) is 82.8 cm³/mol. The summed E-state index contributed by atoms with van der Waals surface area (Å²) in [4.78, 5) is 12.8. The molecule has 0 bridgehead atoms. The maximum absolute atomic E-state index is 12.8. The molecule has 4 rings (SSSR count). The fourth-order valence-electron chi connectivity index (χ4n) is 6.76. The van der Waals surface area contributed by atoms with Crippen LogP contribution in [0.1, 0.15) is 65.2 Å². The van der Waals surface area contributed by atoms with E-state index in [1.807, 2.05) is 0 Å². The largest absolute Gasteiger partial charge is 0.505 e. The Hall–Kier alpha value is -0.790. The van der Waals surface area contributed by atoms with E-state index >= 15 is 0 Å². The number of aliphatic hydroxyl groups is 1. The van der Waals surface area contributed by atoms with Gasteiger partial charge in [0.1, 0.15) is 0 Å². The summed E-state index contributed by atoms with van der Waals surface area (Å²) < 4.78 is 0. The zero-order valence-corrected chi connectivity index (χ0v) is 13.4. The number of aliphatic hydroxyl groups excluding tert-OH is 1. The number of carbonyl (C=O) groups excluding carboxylic acids is 1. The molecule has 0 aromatic heterocycles. The molecule has 2 nitrogen and oxygen atoms in total. The molecule has 0 spiro atoms. The lowest BCUT2D eigenvalue weighted by Crippen LogP contribution is -2.55. The van der Waals surface area contributed by atoms with Crippen LogP contribution in [0.2, 0.25) is 0 Å². The third-order valence-electron chi connectivity index (χ3n) is 8.00. The van der Waals surface area contributed by atoms with E-state index < -0.39 is 0 Å². The number of rotatable bonds is 0. The highest BCUT2D eigenvalue weighted by molar-refractivity contribution is 5.99. The fourth-order valence-corrected chi connectivity index (χ4v) is 6.76. The second-order valence-corrected chi connectivity index (χ2v) is 8.67. The number of hydrogen-bond acceptors (Lipinski definition) is 2. The number of Topliss-reactive ketones (excluding diaryl/α,β-unsaturated/α-hetero) is 1. The van der Waals surface area contributed by atoms with E-state index in [0.717, 1.165) is 18.3 Å². The topological polar surface area (TPSA) is 37.3 Å². The van der Waals surface area contributed by atoms with Crippen LogP contribution in [0.15, 0.2) is 11.8 Å². The lowest BCUT2D eigenvalue weighted by Gasteiger charge is -2.58. The van der Waals surface area contributed by atoms with Gasteiger partial charge in [-0.15, -0.1) is 0 Å². The summed E-state index contributed by atoms with van der Waals surface area (Å²) in [5.74, 6) is 2.63. The van der Waals surface area contributed by atoms with Crippen LogP contribution in [0.25, 0.3) is 0 Å². The van der Waals surface area contributed by atoms with Gasteiger partial charge in [-0.05, 0) is 80.1 Å². The summed E-state index contributed by atoms with van der Waals surface area (Å²) in [5, 5.41) is 10.0. The van der Waals surface area contributed by atoms with Gasteiger partial charge in [0.2, 0.25) is 5.78 Å². The zero-order valence-electron chi connectivity index (χ0n) is 13.4. The maximum Gasteiger partial charge on any atom is 0.203 e. The van der Waals surface area contributed by atoms with Crippen LogP contribution in [0.4, 0.5) is 0 Å². The third-order valence-corrected chi connectivity index (χ3v) is 8.00. The van der Waals surface area contributed by atoms with Gasteiger partial charge in [0.15, 0.2) is 5.76 Å². The van der Waals surface area contributed by atoms with Crippen LogP contribution in [0.3, 0.4) is 0 Å². The Bertz CT molecular complexity index is 508. The maximum atomic E-state index is 12.8. The van der Waals surface area contributed by atoms with E-state index in [1.54, 1.807) is 6.08 Å². The minimum absolute atomic E-state index is 0.0501. The Balaban J connectivity index is 1.72. The van der Waals surface area contributed by atoms with Gasteiger partial charge < -0.3 is 5.11 Å². The fraction of sp³-hybridized carbons (Fsp3) is 0.842. The molecule has 0 radical (unpaired) electrons. The normalized spacial score (nSPS) is 52.7. The second kappa shape index (κ2) is 4.36. The van der Waals surface area contributed by atoms with Crippen molar-refractivity contribution >= 4 is 5.78 Å². The number of fused-ring (bicyclic) bond motifs is 5. The molecule has 0 aromatic carbocycles. The van der Waals surface area contributed by atoms with E-state index in [9.17, 15) is 9.90 Å². The molecule has 0 aliphatic heterocycles. The summed E-state index contributed by atoms with van der Waals surface area (Å²) >= 11 is 0. The molecule has 1 unspecified atom stereocenters. The molecule has 0 aromatic rings. The molecule has 1 N–H and O–H groups in total. The van der Waals surface area contributed by atoms with Crippen molar-refractivity contribution in [2.75, 3.05) is 0 Å². The molecule has 6 atom stereocenters. The Morgan fingerprint density at radius 1 is 1.10 bits per heavy atom. The zero-order chi connectivity index (χ0) is 14.8. The first-order valence-corrected chi connectivity index (χ1v) is 8.91. The van der Waals surface area contributed by atoms with Crippen LogP contribution in [0.5, 0.6) is 0 Å². The molecule has 4 aliphatic rings. The average molecular weight is 288 g/mol. The SMILES string of the molecule is C[C@@]12CCC[C@H]1[C@@H]1CCC3CC=C(O)C(=O)[C@]3(C)[C@H]1CC2. The number of ketones is 1. The van der Waals surface area contributed by atoms with Crippen molar-refractivity contribution < 1.29 is 9.90 Å². The highest BCUT2D eigenvalue weighted by Crippen LogP contribution is 2.65. The van der Waals surface area contributed by atoms with Gasteiger partial charge >= 0.3 is 0 Å². The molecule has 3 saturated carbocycles. The monoisotopic (exact) mass is 288 g/mol. The van der Waals surface area contributed by atoms with Gasteiger partial charge in [-0.2, -0.15) is 0 Å². The van der Waals surface area contributed by atoms with E-state index in [4.69, 9.17) is 0 Å². The van der Waals surface area contributed by atoms with Gasteiger partial charge in [-0.1, -0.05) is 20.3 Å². The van der Waals surface area contributed by atoms with Crippen LogP contribution >= 0.6 is 0 Å². The van der Waals surface area contributed by atoms with Crippen molar-refractivity contribution in [3.8, 4) is 0 Å². The molecular formula is C19H28O2. The smallest absolute Gasteiger partial charge is 0.203 e. The summed E-state index contributed by atoms with van der Waals surface area (Å²) in [5.41, 5.74) is 0.256. The van der Waals surface area contributed by atoms with Gasteiger partial charge in [0.25, 0.3) is 0 Å². The number of allylic oxidation sites excluding steroid dienone is 2. The summed E-state index contributed by atoms with van der Waals surface area (Å²) in [7, 11) is 0. The molecule has 0 amide bonds. The number of carbonyl (C=O) groups is 1. The molecule has 21 heavy (non-hydrogen) atoms. The van der Waals surface area contributed by atoms with Crippen LogP contribution in [0, 0.1) is 34.5 Å². The van der Waals surface area contributed by atoms with Crippen molar-refractivity contribution in [2.24, 2.45) is 34.5 Å². The van der Waals surface area contributed by atoms with Crippen LogP contribution in [-0.2, 0) is 4.79 Å². The van der Waals surface area contributed by atoms with Crippen molar-refractivity contribution in [3.63, 3.8) is 0 Å². The minimum atomic E-state index is -0.286. The summed E-state index contributed by atoms with van der Waals surface area (Å²) in [6, 6.07) is 0. The summed E-state index contributed by atoms with van der Waals surface area (Å²) in [6.07, 6.45) is 11.8. The van der Waals surface area contributed by atoms with Crippen molar-refractivity contribution in [2.45, 2.75) is 65.2 Å². The van der Waals surface area contributed by atoms with E-state index in [1.165, 1.54) is 44.9 Å². The van der Waals surface area contributed by atoms with Gasteiger partial charge in [-0.25, -0.2) is 0 Å². The molecule has 116 valence electrons. The number of hydrogen-bond donors (Lipinski definition) is 1. The first-order chi connectivity index (χ1) is 9.97. The average Bonchev–Trinajstić information content (AvgIpc) is 2.86. The Labute approximate surface area is 128 Å². The van der Waals surface area contributed by atoms with Crippen molar-refractivity contribution in [3.05, 3.63) is 11.8 Å². The molecule has 0 saturated heterocycles. The molecule has 3 fully saturated rings. The van der Waals surface area contributed by atoms with E-state index in [-0.39, 0.29) is 17.0 Å². The summed E-state index contributed by atoms with van der Waals surface area (Å²) in [6.45, 7) is 4.67. The van der Waals surface area contributed by atoms with Crippen molar-refractivity contribution in [1.29, 1.82) is 0 Å². The van der Waals surface area contributed by atoms with Gasteiger partial charge in [-0.3, -0.25) is 4.79 Å². The second-order valence-electron chi connectivity index (χ2n) is 8.67. The van der Waals surface area contributed by atoms with Crippen molar-refractivity contribution in [1.82, 2.24) is 0 Å². The predicted octanol–water partition coefficient (Wildman–Crippen LogP) is 4.65. The Morgan fingerprint density at radius 3 is 2.71 bits per heavy atom. The van der Waals surface area contributed by atoms with Crippen LogP contribution in [-0.4, -0.2) is 10.9 Å². The molecule has 4 aliphatic carbocycles. The standard InChI is InChI=1S/C19H28O2/c1-18-10-3-4-14(18)13-7-5-12-6-8-16(20)17(21)19(12,2)15(13)9-11-18/h8,12-15,20H,3-7,9-11H2,1-2H3/t12?,13-,14-,15-,18-,19-/m0/s1. The molecular weight excluding hydrogens is 260 g/mol. The highest BCUT2D eigenvalue weighted by atomic mass is 16.3. The van der Waals surface area contributed by atoms with E-state index in [2.05, 4.69) is 13.8 Å². The molecule has 0 heterocycles. The van der Waals surface area contributed by atoms with E-state index in [0.29, 0.717) is 17.3 Å². The highest BCUT2D eigenvalue weighted by Gasteiger charge is 2.60. The Morgan fingerprint density at radius 2 is 1.90 bits per heavy atom. The lowest BCUT2D eigenvalue weighted by atomic mass is 9.45. The minimum Gasteiger partial charge on any atom is -0.505 e. The first-order valence-electron chi connectivity index (χ1n) is 8.91. The van der Waals surface area contributed by atoms with Crippen LogP contribution < -0.4 is 0 Å².